The van der Waals surface area contributed by atoms with Crippen LogP contribution in [-0.4, -0.2) is 44.0 Å². The first-order valence-corrected chi connectivity index (χ1v) is 10.9. The minimum atomic E-state index is -4.47. The lowest BCUT2D eigenvalue weighted by Crippen LogP contribution is -2.37. The molecule has 1 fully saturated rings. The van der Waals surface area contributed by atoms with E-state index >= 15 is 0 Å². The average Bonchev–Trinajstić information content (AvgIpc) is 3.28. The lowest BCUT2D eigenvalue weighted by molar-refractivity contribution is -0.137. The Labute approximate surface area is 181 Å². The summed E-state index contributed by atoms with van der Waals surface area (Å²) < 4.78 is 39.0. The van der Waals surface area contributed by atoms with Crippen molar-refractivity contribution >= 4 is 11.6 Å². The Kier molecular flexibility index (Phi) is 6.23. The second-order valence-corrected chi connectivity index (χ2v) is 8.46. The van der Waals surface area contributed by atoms with Crippen molar-refractivity contribution in [2.45, 2.75) is 37.9 Å². The molecule has 7 heteroatoms. The third-order valence-electron chi connectivity index (χ3n) is 6.33. The van der Waals surface area contributed by atoms with Crippen molar-refractivity contribution in [2.24, 2.45) is 0 Å². The van der Waals surface area contributed by atoms with Crippen LogP contribution >= 0.6 is 0 Å². The van der Waals surface area contributed by atoms with Gasteiger partial charge in [0.05, 0.1) is 11.6 Å². The third-order valence-corrected chi connectivity index (χ3v) is 6.33. The maximum Gasteiger partial charge on any atom is 0.416 e. The average molecular weight is 432 g/mol. The van der Waals surface area contributed by atoms with Gasteiger partial charge in [-0.05, 0) is 74.2 Å². The van der Waals surface area contributed by atoms with Crippen LogP contribution in [-0.2, 0) is 12.6 Å². The quantitative estimate of drug-likeness (QED) is 0.748. The van der Waals surface area contributed by atoms with Gasteiger partial charge in [-0.25, -0.2) is 0 Å². The van der Waals surface area contributed by atoms with Crippen LogP contribution in [0.25, 0.3) is 0 Å². The highest BCUT2D eigenvalue weighted by atomic mass is 19.4. The number of carbonyl (C=O) groups excluding carboxylic acids is 1. The van der Waals surface area contributed by atoms with Gasteiger partial charge in [-0.2, -0.15) is 13.2 Å². The van der Waals surface area contributed by atoms with Gasteiger partial charge in [0, 0.05) is 31.4 Å². The number of alkyl halides is 3. The monoisotopic (exact) mass is 431 g/mol. The van der Waals surface area contributed by atoms with Gasteiger partial charge >= 0.3 is 6.18 Å². The number of anilines is 1. The van der Waals surface area contributed by atoms with E-state index in [1.165, 1.54) is 23.4 Å². The number of hydrogen-bond acceptors (Lipinski definition) is 3. The number of hydrogen-bond donors (Lipinski definition) is 1. The number of benzene rings is 2. The Morgan fingerprint density at radius 2 is 1.84 bits per heavy atom. The van der Waals surface area contributed by atoms with Gasteiger partial charge in [-0.1, -0.05) is 18.2 Å². The zero-order valence-electron chi connectivity index (χ0n) is 17.7. The van der Waals surface area contributed by atoms with E-state index in [2.05, 4.69) is 40.4 Å². The zero-order chi connectivity index (χ0) is 22.0. The fourth-order valence-corrected chi connectivity index (χ4v) is 4.65. The Hall–Kier alpha value is -2.54. The van der Waals surface area contributed by atoms with Gasteiger partial charge in [0.15, 0.2) is 0 Å². The smallest absolute Gasteiger partial charge is 0.374 e. The molecule has 2 aromatic carbocycles. The van der Waals surface area contributed by atoms with Crippen molar-refractivity contribution in [1.29, 1.82) is 0 Å². The number of nitrogens with one attached hydrogen (secondary N) is 1. The van der Waals surface area contributed by atoms with E-state index in [9.17, 15) is 18.0 Å². The standard InChI is InChI=1S/C24H28F3N3O/c1-29-11-5-7-17-14-18(9-10-21(17)29)22(30-12-2-3-13-30)16-28-23(31)19-6-4-8-20(15-19)24(25,26)27/h4,6,8-10,14-15,22H,2-3,5,7,11-13,16H2,1H3,(H,28,31)/t22-/m1/s1. The van der Waals surface area contributed by atoms with E-state index in [-0.39, 0.29) is 11.6 Å². The maximum atomic E-state index is 13.0. The van der Waals surface area contributed by atoms with Crippen LogP contribution in [0.3, 0.4) is 0 Å². The summed E-state index contributed by atoms with van der Waals surface area (Å²) in [5, 5.41) is 2.88. The first-order valence-electron chi connectivity index (χ1n) is 10.9. The van der Waals surface area contributed by atoms with Crippen molar-refractivity contribution in [2.75, 3.05) is 38.1 Å². The number of fused-ring (bicyclic) bond motifs is 1. The number of halogens is 3. The predicted molar refractivity (Wildman–Crippen MR) is 115 cm³/mol. The third kappa shape index (κ3) is 4.87. The Morgan fingerprint density at radius 1 is 1.06 bits per heavy atom. The Bertz CT molecular complexity index is 938. The van der Waals surface area contributed by atoms with E-state index in [0.717, 1.165) is 63.0 Å². The topological polar surface area (TPSA) is 35.6 Å². The minimum Gasteiger partial charge on any atom is -0.374 e. The fourth-order valence-electron chi connectivity index (χ4n) is 4.65. The molecule has 0 radical (unpaired) electrons. The summed E-state index contributed by atoms with van der Waals surface area (Å²) in [5.41, 5.74) is 2.94. The highest BCUT2D eigenvalue weighted by Gasteiger charge is 2.31. The van der Waals surface area contributed by atoms with Crippen molar-refractivity contribution < 1.29 is 18.0 Å². The highest BCUT2D eigenvalue weighted by molar-refractivity contribution is 5.94. The molecule has 0 aromatic heterocycles. The minimum absolute atomic E-state index is 0.00906. The zero-order valence-corrected chi connectivity index (χ0v) is 17.7. The van der Waals surface area contributed by atoms with E-state index in [1.54, 1.807) is 0 Å². The number of nitrogens with zero attached hydrogens (tertiary/aromatic N) is 2. The second kappa shape index (κ2) is 8.91. The Balaban J connectivity index is 1.53. The molecular weight excluding hydrogens is 403 g/mol. The molecule has 2 aliphatic heterocycles. The number of amides is 1. The molecule has 0 aliphatic carbocycles. The molecule has 0 unspecified atom stereocenters. The first kappa shape index (κ1) is 21.7. The molecule has 166 valence electrons. The summed E-state index contributed by atoms with van der Waals surface area (Å²) in [6.45, 7) is 3.33. The molecule has 2 aromatic rings. The van der Waals surface area contributed by atoms with Crippen LogP contribution < -0.4 is 10.2 Å². The lowest BCUT2D eigenvalue weighted by atomic mass is 9.96. The summed E-state index contributed by atoms with van der Waals surface area (Å²) in [5.74, 6) is -0.479. The molecule has 2 aliphatic rings. The molecule has 0 bridgehead atoms. The first-order chi connectivity index (χ1) is 14.8. The molecule has 4 rings (SSSR count). The van der Waals surface area contributed by atoms with Gasteiger partial charge in [-0.15, -0.1) is 0 Å². The highest BCUT2D eigenvalue weighted by Crippen LogP contribution is 2.32. The molecule has 31 heavy (non-hydrogen) atoms. The van der Waals surface area contributed by atoms with Crippen LogP contribution in [0, 0.1) is 0 Å². The van der Waals surface area contributed by atoms with Gasteiger partial charge in [-0.3, -0.25) is 9.69 Å². The van der Waals surface area contributed by atoms with E-state index in [4.69, 9.17) is 0 Å². The largest absolute Gasteiger partial charge is 0.416 e. The summed E-state index contributed by atoms with van der Waals surface area (Å²) in [7, 11) is 2.10. The van der Waals surface area contributed by atoms with Crippen molar-refractivity contribution in [1.82, 2.24) is 10.2 Å². The van der Waals surface area contributed by atoms with Crippen LogP contribution in [0.2, 0.25) is 0 Å². The molecule has 1 saturated heterocycles. The van der Waals surface area contributed by atoms with Gasteiger partial charge in [0.2, 0.25) is 0 Å². The summed E-state index contributed by atoms with van der Waals surface area (Å²) >= 11 is 0. The molecule has 0 saturated carbocycles. The van der Waals surface area contributed by atoms with Crippen LogP contribution in [0.15, 0.2) is 42.5 Å². The summed E-state index contributed by atoms with van der Waals surface area (Å²) in [6, 6.07) is 11.1. The normalized spacial score (nSPS) is 18.0. The van der Waals surface area contributed by atoms with Gasteiger partial charge < -0.3 is 10.2 Å². The van der Waals surface area contributed by atoms with Crippen molar-refractivity contribution in [3.8, 4) is 0 Å². The number of rotatable bonds is 5. The lowest BCUT2D eigenvalue weighted by Gasteiger charge is -2.32. The molecule has 1 atom stereocenters. The van der Waals surface area contributed by atoms with E-state index in [1.807, 2.05) is 0 Å². The van der Waals surface area contributed by atoms with Gasteiger partial charge in [0.25, 0.3) is 5.91 Å². The van der Waals surface area contributed by atoms with Crippen LogP contribution in [0.1, 0.15) is 52.4 Å². The van der Waals surface area contributed by atoms with E-state index < -0.39 is 17.6 Å². The number of carbonyl (C=O) groups is 1. The summed E-state index contributed by atoms with van der Waals surface area (Å²) in [4.78, 5) is 17.3. The van der Waals surface area contributed by atoms with Crippen LogP contribution in [0.4, 0.5) is 18.9 Å². The van der Waals surface area contributed by atoms with Crippen molar-refractivity contribution in [3.05, 3.63) is 64.7 Å². The molecule has 2 heterocycles. The molecule has 0 spiro atoms. The maximum absolute atomic E-state index is 13.0. The SMILES string of the molecule is CN1CCCc2cc([C@@H](CNC(=O)c3cccc(C(F)(F)F)c3)N3CCCC3)ccc21. The predicted octanol–water partition coefficient (Wildman–Crippen LogP) is 4.65. The summed E-state index contributed by atoms with van der Waals surface area (Å²) in [6.07, 6.45) is -0.0768. The molecule has 1 N–H and O–H groups in total. The molecular formula is C24H28F3N3O. The number of aryl methyl sites for hydroxylation is 1. The molecule has 4 nitrogen and oxygen atoms in total. The molecule has 1 amide bonds. The van der Waals surface area contributed by atoms with Crippen LogP contribution in [0.5, 0.6) is 0 Å². The van der Waals surface area contributed by atoms with E-state index in [0.29, 0.717) is 6.54 Å². The van der Waals surface area contributed by atoms with Gasteiger partial charge in [0.1, 0.15) is 0 Å². The second-order valence-electron chi connectivity index (χ2n) is 8.46. The number of likely N-dealkylation sites (tertiary alicyclic amines) is 1. The Morgan fingerprint density at radius 3 is 2.58 bits per heavy atom. The van der Waals surface area contributed by atoms with Crippen molar-refractivity contribution in [3.63, 3.8) is 0 Å². The fraction of sp³-hybridized carbons (Fsp3) is 0.458.